The van der Waals surface area contributed by atoms with Crippen LogP contribution in [0.1, 0.15) is 25.0 Å². The zero-order valence-corrected chi connectivity index (χ0v) is 9.43. The van der Waals surface area contributed by atoms with Crippen molar-refractivity contribution in [2.75, 3.05) is 0 Å². The third-order valence-corrected chi connectivity index (χ3v) is 2.37. The molecule has 0 bridgehead atoms. The molecule has 0 fully saturated rings. The van der Waals surface area contributed by atoms with Crippen LogP contribution in [0, 0.1) is 0 Å². The van der Waals surface area contributed by atoms with Crippen molar-refractivity contribution in [2.24, 2.45) is 0 Å². The van der Waals surface area contributed by atoms with Gasteiger partial charge in [0.2, 0.25) is 0 Å². The number of halogens is 1. The minimum atomic E-state index is 0.471. The summed E-state index contributed by atoms with van der Waals surface area (Å²) in [6.45, 7) is 8.77. The van der Waals surface area contributed by atoms with Crippen molar-refractivity contribution in [2.45, 2.75) is 26.4 Å². The summed E-state index contributed by atoms with van der Waals surface area (Å²) >= 11 is 6.06. The number of hydrogen-bond acceptors (Lipinski definition) is 1. The predicted molar refractivity (Wildman–Crippen MR) is 63.5 cm³/mol. The number of nitrogens with one attached hydrogen (secondary N) is 1. The maximum atomic E-state index is 6.06. The lowest BCUT2D eigenvalue weighted by Gasteiger charge is -2.10. The summed E-state index contributed by atoms with van der Waals surface area (Å²) in [5.41, 5.74) is 2.23. The molecule has 0 aliphatic rings. The van der Waals surface area contributed by atoms with Gasteiger partial charge in [-0.2, -0.15) is 0 Å². The third kappa shape index (κ3) is 3.17. The summed E-state index contributed by atoms with van der Waals surface area (Å²) in [4.78, 5) is 0. The molecule has 1 N–H and O–H groups in total. The molecule has 2 heteroatoms. The summed E-state index contributed by atoms with van der Waals surface area (Å²) < 4.78 is 0. The molecule has 1 nitrogen and oxygen atoms in total. The number of hydrogen-bond donors (Lipinski definition) is 1. The van der Waals surface area contributed by atoms with E-state index in [0.29, 0.717) is 6.04 Å². The summed E-state index contributed by atoms with van der Waals surface area (Å²) in [7, 11) is 0. The molecule has 0 amide bonds. The molecule has 0 saturated carbocycles. The monoisotopic (exact) mass is 209 g/mol. The Balaban J connectivity index is 2.78. The van der Waals surface area contributed by atoms with Gasteiger partial charge in [-0.15, -0.1) is 0 Å². The van der Waals surface area contributed by atoms with Gasteiger partial charge < -0.3 is 5.32 Å². The van der Waals surface area contributed by atoms with Gasteiger partial charge in [-0.25, -0.2) is 0 Å². The van der Waals surface area contributed by atoms with Crippen LogP contribution in [0.5, 0.6) is 0 Å². The third-order valence-electron chi connectivity index (χ3n) is 2.01. The lowest BCUT2D eigenvalue weighted by atomic mass is 10.1. The van der Waals surface area contributed by atoms with E-state index in [2.05, 4.69) is 31.8 Å². The first-order chi connectivity index (χ1) is 6.63. The van der Waals surface area contributed by atoms with Gasteiger partial charge in [-0.3, -0.25) is 0 Å². The molecule has 0 aliphatic heterocycles. The van der Waals surface area contributed by atoms with Crippen LogP contribution in [0.15, 0.2) is 24.8 Å². The van der Waals surface area contributed by atoms with Crippen LogP contribution in [0.4, 0.5) is 0 Å². The molecule has 1 rings (SSSR count). The molecule has 1 aromatic carbocycles. The van der Waals surface area contributed by atoms with Crippen LogP contribution < -0.4 is 5.32 Å². The quantitative estimate of drug-likeness (QED) is 0.801. The smallest absolute Gasteiger partial charge is 0.0451 e. The summed E-state index contributed by atoms with van der Waals surface area (Å²) in [6, 6.07) is 6.41. The lowest BCUT2D eigenvalue weighted by molar-refractivity contribution is 0.589. The van der Waals surface area contributed by atoms with Crippen LogP contribution in [0.2, 0.25) is 5.02 Å². The average Bonchev–Trinajstić information content (AvgIpc) is 2.16. The fourth-order valence-electron chi connectivity index (χ4n) is 1.17. The maximum Gasteiger partial charge on any atom is 0.0451 e. The molecule has 0 spiro atoms. The Morgan fingerprint density at radius 2 is 2.21 bits per heavy atom. The highest BCUT2D eigenvalue weighted by Crippen LogP contribution is 2.18. The van der Waals surface area contributed by atoms with E-state index in [9.17, 15) is 0 Å². The van der Waals surface area contributed by atoms with E-state index < -0.39 is 0 Å². The largest absolute Gasteiger partial charge is 0.310 e. The molecule has 76 valence electrons. The fourth-order valence-corrected chi connectivity index (χ4v) is 1.36. The molecular formula is C12H16ClN. The van der Waals surface area contributed by atoms with E-state index >= 15 is 0 Å². The minimum absolute atomic E-state index is 0.471. The van der Waals surface area contributed by atoms with Gasteiger partial charge in [0.05, 0.1) is 0 Å². The van der Waals surface area contributed by atoms with Crippen molar-refractivity contribution in [3.63, 3.8) is 0 Å². The molecule has 0 atom stereocenters. The summed E-state index contributed by atoms with van der Waals surface area (Å²) in [5, 5.41) is 4.14. The molecule has 0 saturated heterocycles. The van der Waals surface area contributed by atoms with Crippen molar-refractivity contribution in [3.8, 4) is 0 Å². The molecule has 0 heterocycles. The van der Waals surface area contributed by atoms with Gasteiger partial charge in [0.25, 0.3) is 0 Å². The highest BCUT2D eigenvalue weighted by molar-refractivity contribution is 6.31. The molecule has 1 aromatic rings. The summed E-state index contributed by atoms with van der Waals surface area (Å²) in [5.74, 6) is 0. The zero-order valence-electron chi connectivity index (χ0n) is 8.68. The van der Waals surface area contributed by atoms with Crippen molar-refractivity contribution in [1.82, 2.24) is 5.32 Å². The van der Waals surface area contributed by atoms with Crippen LogP contribution in [0.3, 0.4) is 0 Å². The molecule has 0 aromatic heterocycles. The van der Waals surface area contributed by atoms with Crippen molar-refractivity contribution >= 4 is 17.7 Å². The highest BCUT2D eigenvalue weighted by atomic mass is 35.5. The Labute approximate surface area is 90.8 Å². The van der Waals surface area contributed by atoms with E-state index in [1.165, 1.54) is 0 Å². The van der Waals surface area contributed by atoms with E-state index in [1.807, 2.05) is 18.2 Å². The van der Waals surface area contributed by atoms with Gasteiger partial charge in [0.15, 0.2) is 0 Å². The van der Waals surface area contributed by atoms with Gasteiger partial charge in [0, 0.05) is 17.6 Å². The second kappa shape index (κ2) is 5.18. The first kappa shape index (κ1) is 11.3. The first-order valence-corrected chi connectivity index (χ1v) is 5.15. The molecule has 0 unspecified atom stereocenters. The Kier molecular flexibility index (Phi) is 4.18. The van der Waals surface area contributed by atoms with Crippen LogP contribution >= 0.6 is 11.6 Å². The summed E-state index contributed by atoms with van der Waals surface area (Å²) in [6.07, 6.45) is 1.83. The predicted octanol–water partition coefficient (Wildman–Crippen LogP) is 3.48. The van der Waals surface area contributed by atoms with Gasteiger partial charge >= 0.3 is 0 Å². The Morgan fingerprint density at radius 3 is 2.79 bits per heavy atom. The standard InChI is InChI=1S/C12H16ClN/c1-4-10-5-6-12(13)11(7-10)8-14-9(2)3/h4-7,9,14H,1,8H2,2-3H3. The Bertz CT molecular complexity index is 318. The Hall–Kier alpha value is -0.790. The molecule has 0 radical (unpaired) electrons. The molecule has 0 aliphatic carbocycles. The first-order valence-electron chi connectivity index (χ1n) is 4.77. The molecule has 14 heavy (non-hydrogen) atoms. The van der Waals surface area contributed by atoms with Crippen molar-refractivity contribution in [1.29, 1.82) is 0 Å². The maximum absolute atomic E-state index is 6.06. The van der Waals surface area contributed by atoms with E-state index in [0.717, 1.165) is 22.7 Å². The zero-order chi connectivity index (χ0) is 10.6. The molecular weight excluding hydrogens is 194 g/mol. The van der Waals surface area contributed by atoms with Crippen LogP contribution in [-0.2, 0) is 6.54 Å². The van der Waals surface area contributed by atoms with E-state index in [4.69, 9.17) is 11.6 Å². The van der Waals surface area contributed by atoms with Crippen LogP contribution in [-0.4, -0.2) is 6.04 Å². The van der Waals surface area contributed by atoms with E-state index in [1.54, 1.807) is 0 Å². The second-order valence-electron chi connectivity index (χ2n) is 3.59. The average molecular weight is 210 g/mol. The number of rotatable bonds is 4. The lowest BCUT2D eigenvalue weighted by Crippen LogP contribution is -2.21. The van der Waals surface area contributed by atoms with Crippen LogP contribution in [0.25, 0.3) is 6.08 Å². The minimum Gasteiger partial charge on any atom is -0.310 e. The normalized spacial score (nSPS) is 10.6. The highest BCUT2D eigenvalue weighted by Gasteiger charge is 2.01. The second-order valence-corrected chi connectivity index (χ2v) is 4.00. The van der Waals surface area contributed by atoms with Crippen molar-refractivity contribution in [3.05, 3.63) is 40.9 Å². The fraction of sp³-hybridized carbons (Fsp3) is 0.333. The van der Waals surface area contributed by atoms with Gasteiger partial charge in [-0.05, 0) is 23.3 Å². The van der Waals surface area contributed by atoms with Gasteiger partial charge in [0.1, 0.15) is 0 Å². The SMILES string of the molecule is C=Cc1ccc(Cl)c(CNC(C)C)c1. The number of benzene rings is 1. The Morgan fingerprint density at radius 1 is 1.50 bits per heavy atom. The van der Waals surface area contributed by atoms with E-state index in [-0.39, 0.29) is 0 Å². The van der Waals surface area contributed by atoms with Crippen molar-refractivity contribution < 1.29 is 0 Å². The van der Waals surface area contributed by atoms with Gasteiger partial charge in [-0.1, -0.05) is 44.2 Å². The topological polar surface area (TPSA) is 12.0 Å².